The smallest absolute Gasteiger partial charge is 0.135 e. The molecular formula is C12H21NOS. The first-order valence-electron chi connectivity index (χ1n) is 6.13. The molecule has 0 radical (unpaired) electrons. The molecule has 0 spiro atoms. The van der Waals surface area contributed by atoms with Crippen molar-refractivity contribution in [1.29, 1.82) is 0 Å². The Morgan fingerprint density at radius 3 is 3.00 bits per heavy atom. The van der Waals surface area contributed by atoms with Crippen molar-refractivity contribution in [3.8, 4) is 0 Å². The number of thioether (sulfide) groups is 1. The molecular weight excluding hydrogens is 206 g/mol. The Kier molecular flexibility index (Phi) is 4.09. The maximum absolute atomic E-state index is 11.3. The summed E-state index contributed by atoms with van der Waals surface area (Å²) in [6, 6.07) is 0.480. The summed E-state index contributed by atoms with van der Waals surface area (Å²) in [5.74, 6) is 1.79. The summed E-state index contributed by atoms with van der Waals surface area (Å²) in [4.78, 5) is 13.8. The zero-order chi connectivity index (χ0) is 10.7. The van der Waals surface area contributed by atoms with Gasteiger partial charge in [0.2, 0.25) is 0 Å². The number of carbonyl (C=O) groups excluding carboxylic acids is 1. The van der Waals surface area contributed by atoms with E-state index in [1.165, 1.54) is 31.6 Å². The minimum absolute atomic E-state index is 0.454. The maximum Gasteiger partial charge on any atom is 0.135 e. The standard InChI is InChI=1S/C12H21NOS/c1-10-8-11(14)5-6-13(10)9-12-4-2-3-7-15-12/h10,12H,2-9H2,1H3. The molecule has 0 aromatic rings. The lowest BCUT2D eigenvalue weighted by Crippen LogP contribution is -2.44. The average molecular weight is 227 g/mol. The third-order valence-electron chi connectivity index (χ3n) is 3.54. The quantitative estimate of drug-likeness (QED) is 0.722. The van der Waals surface area contributed by atoms with Crippen LogP contribution in [0.2, 0.25) is 0 Å². The second-order valence-electron chi connectivity index (χ2n) is 4.83. The fourth-order valence-electron chi connectivity index (χ4n) is 2.53. The molecule has 0 aliphatic carbocycles. The Morgan fingerprint density at radius 1 is 1.47 bits per heavy atom. The van der Waals surface area contributed by atoms with Crippen LogP contribution in [0.1, 0.15) is 39.0 Å². The highest BCUT2D eigenvalue weighted by Crippen LogP contribution is 2.27. The highest BCUT2D eigenvalue weighted by atomic mass is 32.2. The van der Waals surface area contributed by atoms with Crippen LogP contribution in [0.25, 0.3) is 0 Å². The topological polar surface area (TPSA) is 20.3 Å². The SMILES string of the molecule is CC1CC(=O)CCN1CC1CCCCS1. The highest BCUT2D eigenvalue weighted by Gasteiger charge is 2.26. The van der Waals surface area contributed by atoms with Crippen molar-refractivity contribution in [2.24, 2.45) is 0 Å². The predicted molar refractivity (Wildman–Crippen MR) is 65.4 cm³/mol. The van der Waals surface area contributed by atoms with E-state index in [0.717, 1.165) is 24.6 Å². The van der Waals surface area contributed by atoms with Crippen LogP contribution < -0.4 is 0 Å². The van der Waals surface area contributed by atoms with Crippen molar-refractivity contribution in [3.63, 3.8) is 0 Å². The lowest BCUT2D eigenvalue weighted by atomic mass is 10.0. The summed E-state index contributed by atoms with van der Waals surface area (Å²) in [5.41, 5.74) is 0. The van der Waals surface area contributed by atoms with Gasteiger partial charge in [-0.3, -0.25) is 9.69 Å². The van der Waals surface area contributed by atoms with E-state index < -0.39 is 0 Å². The molecule has 0 amide bonds. The van der Waals surface area contributed by atoms with Gasteiger partial charge < -0.3 is 0 Å². The lowest BCUT2D eigenvalue weighted by Gasteiger charge is -2.36. The van der Waals surface area contributed by atoms with Gasteiger partial charge in [-0.05, 0) is 25.5 Å². The Balaban J connectivity index is 1.80. The molecule has 0 N–H and O–H groups in total. The summed E-state index contributed by atoms with van der Waals surface area (Å²) in [6.45, 7) is 4.40. The molecule has 0 aromatic carbocycles. The van der Waals surface area contributed by atoms with Crippen molar-refractivity contribution in [2.75, 3.05) is 18.8 Å². The monoisotopic (exact) mass is 227 g/mol. The molecule has 2 fully saturated rings. The number of rotatable bonds is 2. The molecule has 2 nitrogen and oxygen atoms in total. The number of hydrogen-bond donors (Lipinski definition) is 0. The molecule has 86 valence electrons. The molecule has 2 unspecified atom stereocenters. The second-order valence-corrected chi connectivity index (χ2v) is 6.23. The van der Waals surface area contributed by atoms with E-state index in [9.17, 15) is 4.79 Å². The third kappa shape index (κ3) is 3.22. The summed E-state index contributed by atoms with van der Waals surface area (Å²) in [5, 5.41) is 0.828. The second kappa shape index (κ2) is 5.35. The van der Waals surface area contributed by atoms with Gasteiger partial charge in [-0.15, -0.1) is 0 Å². The van der Waals surface area contributed by atoms with E-state index in [0.29, 0.717) is 11.8 Å². The van der Waals surface area contributed by atoms with Crippen LogP contribution in [-0.2, 0) is 4.79 Å². The van der Waals surface area contributed by atoms with Gasteiger partial charge in [0, 0.05) is 37.2 Å². The van der Waals surface area contributed by atoms with Crippen LogP contribution in [0.5, 0.6) is 0 Å². The highest BCUT2D eigenvalue weighted by molar-refractivity contribution is 7.99. The fourth-order valence-corrected chi connectivity index (χ4v) is 3.87. The van der Waals surface area contributed by atoms with Crippen LogP contribution >= 0.6 is 11.8 Å². The minimum atomic E-state index is 0.454. The normalized spacial score (nSPS) is 34.3. The van der Waals surface area contributed by atoms with Gasteiger partial charge in [0.1, 0.15) is 5.78 Å². The van der Waals surface area contributed by atoms with Crippen molar-refractivity contribution in [1.82, 2.24) is 4.90 Å². The summed E-state index contributed by atoms with van der Waals surface area (Å²) >= 11 is 2.13. The molecule has 2 heterocycles. The number of hydrogen-bond acceptors (Lipinski definition) is 3. The van der Waals surface area contributed by atoms with Gasteiger partial charge in [0.05, 0.1) is 0 Å². The molecule has 15 heavy (non-hydrogen) atoms. The van der Waals surface area contributed by atoms with Gasteiger partial charge >= 0.3 is 0 Å². The predicted octanol–water partition coefficient (Wildman–Crippen LogP) is 2.33. The number of nitrogens with zero attached hydrogens (tertiary/aromatic N) is 1. The van der Waals surface area contributed by atoms with Gasteiger partial charge in [-0.2, -0.15) is 11.8 Å². The van der Waals surface area contributed by atoms with Crippen LogP contribution in [0.4, 0.5) is 0 Å². The lowest BCUT2D eigenvalue weighted by molar-refractivity contribution is -0.122. The Morgan fingerprint density at radius 2 is 2.33 bits per heavy atom. The molecule has 0 aromatic heterocycles. The van der Waals surface area contributed by atoms with Crippen molar-refractivity contribution >= 4 is 17.5 Å². The van der Waals surface area contributed by atoms with Crippen LogP contribution in [0.15, 0.2) is 0 Å². The zero-order valence-corrected chi connectivity index (χ0v) is 10.4. The fraction of sp³-hybridized carbons (Fsp3) is 0.917. The number of piperidine rings is 1. The molecule has 0 saturated carbocycles. The molecule has 2 saturated heterocycles. The van der Waals surface area contributed by atoms with Gasteiger partial charge in [0.15, 0.2) is 0 Å². The van der Waals surface area contributed by atoms with Crippen molar-refractivity contribution in [3.05, 3.63) is 0 Å². The maximum atomic E-state index is 11.3. The van der Waals surface area contributed by atoms with E-state index in [4.69, 9.17) is 0 Å². The van der Waals surface area contributed by atoms with Crippen molar-refractivity contribution < 1.29 is 4.79 Å². The summed E-state index contributed by atoms with van der Waals surface area (Å²) < 4.78 is 0. The van der Waals surface area contributed by atoms with Crippen LogP contribution in [0, 0.1) is 0 Å². The number of carbonyl (C=O) groups is 1. The minimum Gasteiger partial charge on any atom is -0.300 e. The molecule has 3 heteroatoms. The summed E-state index contributed by atoms with van der Waals surface area (Å²) in [7, 11) is 0. The van der Waals surface area contributed by atoms with Gasteiger partial charge in [0.25, 0.3) is 0 Å². The Labute approximate surface area is 96.8 Å². The van der Waals surface area contributed by atoms with Crippen LogP contribution in [-0.4, -0.2) is 40.8 Å². The molecule has 2 aliphatic rings. The molecule has 0 bridgehead atoms. The van der Waals surface area contributed by atoms with Crippen LogP contribution in [0.3, 0.4) is 0 Å². The molecule has 2 atom stereocenters. The van der Waals surface area contributed by atoms with Crippen molar-refractivity contribution in [2.45, 2.75) is 50.3 Å². The number of ketones is 1. The molecule has 2 aliphatic heterocycles. The van der Waals surface area contributed by atoms with E-state index in [2.05, 4.69) is 23.6 Å². The number of Topliss-reactive ketones (excluding diaryl/α,β-unsaturated/α-hetero) is 1. The Bertz CT molecular complexity index is 226. The first-order chi connectivity index (χ1) is 7.25. The van der Waals surface area contributed by atoms with E-state index in [1.807, 2.05) is 0 Å². The largest absolute Gasteiger partial charge is 0.300 e. The summed E-state index contributed by atoms with van der Waals surface area (Å²) in [6.07, 6.45) is 5.73. The molecule has 2 rings (SSSR count). The van der Waals surface area contributed by atoms with Gasteiger partial charge in [-0.25, -0.2) is 0 Å². The van der Waals surface area contributed by atoms with E-state index in [-0.39, 0.29) is 0 Å². The first-order valence-corrected chi connectivity index (χ1v) is 7.18. The zero-order valence-electron chi connectivity index (χ0n) is 9.58. The number of likely N-dealkylation sites (tertiary alicyclic amines) is 1. The first kappa shape index (κ1) is 11.5. The van der Waals surface area contributed by atoms with Gasteiger partial charge in [-0.1, -0.05) is 6.42 Å². The van der Waals surface area contributed by atoms with E-state index in [1.54, 1.807) is 0 Å². The average Bonchev–Trinajstić information content (AvgIpc) is 2.24. The third-order valence-corrected chi connectivity index (χ3v) is 4.92. The van der Waals surface area contributed by atoms with E-state index >= 15 is 0 Å². The Hall–Kier alpha value is -0.0200.